The third-order valence-electron chi connectivity index (χ3n) is 7.05. The standard InChI is InChI=1S/C26H36N4O3S/c1-4-28-14-16-29(17-15-28)22-9-11-25(21(3)18-22)27-26(31)24-19-23(10-8-20(24)2)34(32,33)30-12-6-5-7-13-30/h8-11,18-19H,4-7,12-17H2,1-3H3,(H,27,31). The zero-order valence-corrected chi connectivity index (χ0v) is 21.3. The largest absolute Gasteiger partial charge is 0.369 e. The highest BCUT2D eigenvalue weighted by atomic mass is 32.2. The number of anilines is 2. The number of amides is 1. The molecule has 0 atom stereocenters. The summed E-state index contributed by atoms with van der Waals surface area (Å²) in [6.45, 7) is 12.3. The van der Waals surface area contributed by atoms with Gasteiger partial charge in [0.05, 0.1) is 4.90 Å². The van der Waals surface area contributed by atoms with Crippen molar-refractivity contribution in [3.63, 3.8) is 0 Å². The van der Waals surface area contributed by atoms with Crippen molar-refractivity contribution < 1.29 is 13.2 Å². The first-order valence-corrected chi connectivity index (χ1v) is 13.7. The number of sulfonamides is 1. The summed E-state index contributed by atoms with van der Waals surface area (Å²) in [5.41, 5.74) is 4.02. The molecule has 0 bridgehead atoms. The van der Waals surface area contributed by atoms with Gasteiger partial charge in [-0.25, -0.2) is 8.42 Å². The van der Waals surface area contributed by atoms with Gasteiger partial charge in [-0.2, -0.15) is 4.31 Å². The molecule has 0 radical (unpaired) electrons. The SMILES string of the molecule is CCN1CCN(c2ccc(NC(=O)c3cc(S(=O)(=O)N4CCCCC4)ccc3C)c(C)c2)CC1. The third kappa shape index (κ3) is 5.29. The average molecular weight is 485 g/mol. The van der Waals surface area contributed by atoms with E-state index in [0.717, 1.165) is 74.5 Å². The number of likely N-dealkylation sites (N-methyl/N-ethyl adjacent to an activating group) is 1. The number of rotatable bonds is 6. The zero-order valence-electron chi connectivity index (χ0n) is 20.5. The van der Waals surface area contributed by atoms with Crippen LogP contribution in [0.2, 0.25) is 0 Å². The normalized spacial score (nSPS) is 18.1. The first-order valence-electron chi connectivity index (χ1n) is 12.3. The zero-order chi connectivity index (χ0) is 24.3. The summed E-state index contributed by atoms with van der Waals surface area (Å²) in [6.07, 6.45) is 2.81. The topological polar surface area (TPSA) is 73.0 Å². The molecule has 8 heteroatoms. The number of hydrogen-bond acceptors (Lipinski definition) is 5. The molecular weight excluding hydrogens is 448 g/mol. The lowest BCUT2D eigenvalue weighted by molar-refractivity contribution is 0.102. The maximum atomic E-state index is 13.2. The molecule has 2 aromatic carbocycles. The van der Waals surface area contributed by atoms with Gasteiger partial charge < -0.3 is 15.1 Å². The third-order valence-corrected chi connectivity index (χ3v) is 8.94. The van der Waals surface area contributed by atoms with Crippen molar-refractivity contribution in [3.05, 3.63) is 53.1 Å². The summed E-state index contributed by atoms with van der Waals surface area (Å²) in [4.78, 5) is 18.2. The highest BCUT2D eigenvalue weighted by Crippen LogP contribution is 2.26. The van der Waals surface area contributed by atoms with Gasteiger partial charge in [0.1, 0.15) is 0 Å². The van der Waals surface area contributed by atoms with Crippen LogP contribution in [0.5, 0.6) is 0 Å². The highest BCUT2D eigenvalue weighted by Gasteiger charge is 2.27. The molecule has 1 N–H and O–H groups in total. The van der Waals surface area contributed by atoms with Crippen molar-refractivity contribution in [1.29, 1.82) is 0 Å². The molecule has 0 unspecified atom stereocenters. The molecule has 7 nitrogen and oxygen atoms in total. The van der Waals surface area contributed by atoms with Crippen LogP contribution in [-0.4, -0.2) is 69.3 Å². The number of benzene rings is 2. The van der Waals surface area contributed by atoms with E-state index < -0.39 is 10.0 Å². The van der Waals surface area contributed by atoms with E-state index in [2.05, 4.69) is 28.1 Å². The van der Waals surface area contributed by atoms with Crippen LogP contribution in [0.15, 0.2) is 41.3 Å². The van der Waals surface area contributed by atoms with Crippen LogP contribution in [0.1, 0.15) is 47.7 Å². The lowest BCUT2D eigenvalue weighted by atomic mass is 10.1. The number of hydrogen-bond donors (Lipinski definition) is 1. The lowest BCUT2D eigenvalue weighted by Crippen LogP contribution is -2.46. The molecule has 2 saturated heterocycles. The van der Waals surface area contributed by atoms with E-state index in [1.54, 1.807) is 12.1 Å². The van der Waals surface area contributed by atoms with Crippen molar-refractivity contribution in [2.45, 2.75) is 44.9 Å². The van der Waals surface area contributed by atoms with Gasteiger partial charge in [-0.05, 0) is 74.7 Å². The van der Waals surface area contributed by atoms with Crippen LogP contribution in [0.25, 0.3) is 0 Å². The fraction of sp³-hybridized carbons (Fsp3) is 0.500. The molecular formula is C26H36N4O3S. The van der Waals surface area contributed by atoms with Crippen molar-refractivity contribution in [3.8, 4) is 0 Å². The second kappa shape index (κ2) is 10.5. The monoisotopic (exact) mass is 484 g/mol. The minimum absolute atomic E-state index is 0.184. The molecule has 184 valence electrons. The number of nitrogens with zero attached hydrogens (tertiary/aromatic N) is 3. The van der Waals surface area contributed by atoms with E-state index in [-0.39, 0.29) is 10.8 Å². The molecule has 2 aliphatic rings. The number of piperazine rings is 1. The van der Waals surface area contributed by atoms with Crippen LogP contribution >= 0.6 is 0 Å². The van der Waals surface area contributed by atoms with E-state index in [1.165, 1.54) is 10.4 Å². The van der Waals surface area contributed by atoms with Gasteiger partial charge in [0.25, 0.3) is 5.91 Å². The number of carbonyl (C=O) groups is 1. The van der Waals surface area contributed by atoms with Crippen LogP contribution in [0.3, 0.4) is 0 Å². The summed E-state index contributed by atoms with van der Waals surface area (Å²) in [7, 11) is -3.60. The Hall–Kier alpha value is -2.42. The van der Waals surface area contributed by atoms with Gasteiger partial charge in [0, 0.05) is 56.2 Å². The van der Waals surface area contributed by atoms with Gasteiger partial charge in [-0.15, -0.1) is 0 Å². The Balaban J connectivity index is 1.50. The van der Waals surface area contributed by atoms with E-state index in [1.807, 2.05) is 26.0 Å². The van der Waals surface area contributed by atoms with Gasteiger partial charge in [0.2, 0.25) is 10.0 Å². The smallest absolute Gasteiger partial charge is 0.255 e. The van der Waals surface area contributed by atoms with E-state index >= 15 is 0 Å². The maximum absolute atomic E-state index is 13.2. The predicted molar refractivity (Wildman–Crippen MR) is 137 cm³/mol. The van der Waals surface area contributed by atoms with Gasteiger partial charge in [0.15, 0.2) is 0 Å². The minimum atomic E-state index is -3.60. The first kappa shape index (κ1) is 24.7. The second-order valence-corrected chi connectivity index (χ2v) is 11.3. The average Bonchev–Trinajstić information content (AvgIpc) is 2.86. The second-order valence-electron chi connectivity index (χ2n) is 9.32. The first-order chi connectivity index (χ1) is 16.3. The molecule has 2 heterocycles. The fourth-order valence-corrected chi connectivity index (χ4v) is 6.30. The maximum Gasteiger partial charge on any atom is 0.255 e. The Morgan fingerprint density at radius 3 is 2.24 bits per heavy atom. The van der Waals surface area contributed by atoms with Crippen LogP contribution < -0.4 is 10.2 Å². The van der Waals surface area contributed by atoms with Gasteiger partial charge in [-0.1, -0.05) is 19.4 Å². The van der Waals surface area contributed by atoms with Crippen molar-refractivity contribution in [2.75, 3.05) is 56.0 Å². The molecule has 2 aromatic rings. The molecule has 0 aliphatic carbocycles. The number of carbonyl (C=O) groups excluding carboxylic acids is 1. The van der Waals surface area contributed by atoms with Gasteiger partial charge in [-0.3, -0.25) is 4.79 Å². The summed E-state index contributed by atoms with van der Waals surface area (Å²) in [5.74, 6) is -0.291. The quantitative estimate of drug-likeness (QED) is 0.674. The number of nitrogens with one attached hydrogen (secondary N) is 1. The summed E-state index contributed by atoms with van der Waals surface area (Å²) in [6, 6.07) is 10.9. The summed E-state index contributed by atoms with van der Waals surface area (Å²) >= 11 is 0. The molecule has 2 aliphatic heterocycles. The molecule has 0 spiro atoms. The Bertz CT molecular complexity index is 1130. The molecule has 4 rings (SSSR count). The van der Waals surface area contributed by atoms with E-state index in [9.17, 15) is 13.2 Å². The predicted octanol–water partition coefficient (Wildman–Crippen LogP) is 3.87. The Labute approximate surface area is 203 Å². The molecule has 1 amide bonds. The molecule has 0 aromatic heterocycles. The van der Waals surface area contributed by atoms with E-state index in [4.69, 9.17) is 0 Å². The Kier molecular flexibility index (Phi) is 7.60. The van der Waals surface area contributed by atoms with Crippen molar-refractivity contribution in [1.82, 2.24) is 9.21 Å². The number of aryl methyl sites for hydroxylation is 2. The summed E-state index contributed by atoms with van der Waals surface area (Å²) < 4.78 is 27.7. The Morgan fingerprint density at radius 2 is 1.59 bits per heavy atom. The van der Waals surface area contributed by atoms with Gasteiger partial charge >= 0.3 is 0 Å². The highest BCUT2D eigenvalue weighted by molar-refractivity contribution is 7.89. The van der Waals surface area contributed by atoms with Crippen LogP contribution in [0.4, 0.5) is 11.4 Å². The van der Waals surface area contributed by atoms with Crippen LogP contribution in [0, 0.1) is 13.8 Å². The van der Waals surface area contributed by atoms with Crippen LogP contribution in [-0.2, 0) is 10.0 Å². The minimum Gasteiger partial charge on any atom is -0.369 e. The van der Waals surface area contributed by atoms with E-state index in [0.29, 0.717) is 18.7 Å². The van der Waals surface area contributed by atoms with Crippen molar-refractivity contribution in [2.24, 2.45) is 0 Å². The molecule has 0 saturated carbocycles. The fourth-order valence-electron chi connectivity index (χ4n) is 4.76. The van der Waals surface area contributed by atoms with Crippen molar-refractivity contribution >= 4 is 27.3 Å². The Morgan fingerprint density at radius 1 is 0.882 bits per heavy atom. The number of piperidine rings is 1. The molecule has 2 fully saturated rings. The summed E-state index contributed by atoms with van der Waals surface area (Å²) in [5, 5.41) is 3.00. The molecule has 34 heavy (non-hydrogen) atoms. The lowest BCUT2D eigenvalue weighted by Gasteiger charge is -2.35.